The highest BCUT2D eigenvalue weighted by Crippen LogP contribution is 2.16. The Balaban J connectivity index is 3.16. The van der Waals surface area contributed by atoms with E-state index >= 15 is 0 Å². The zero-order valence-corrected chi connectivity index (χ0v) is 10.0. The van der Waals surface area contributed by atoms with E-state index < -0.39 is 5.97 Å². The third kappa shape index (κ3) is 2.61. The van der Waals surface area contributed by atoms with Gasteiger partial charge in [0.25, 0.3) is 0 Å². The number of ether oxygens (including phenoxy) is 1. The summed E-state index contributed by atoms with van der Waals surface area (Å²) >= 11 is 5.73. The fourth-order valence-corrected chi connectivity index (χ4v) is 1.61. The number of hydrogen-bond donors (Lipinski definition) is 0. The number of benzene rings is 1. The number of esters is 1. The molecule has 0 aliphatic heterocycles. The maximum atomic E-state index is 11.5. The highest BCUT2D eigenvalue weighted by atomic mass is 35.5. The van der Waals surface area contributed by atoms with Crippen molar-refractivity contribution < 1.29 is 14.3 Å². The molecule has 0 atom stereocenters. The molecule has 0 radical (unpaired) electrons. The summed E-state index contributed by atoms with van der Waals surface area (Å²) in [5, 5.41) is 0. The molecule has 0 heterocycles. The molecule has 0 aliphatic rings. The number of ketones is 1. The number of methoxy groups -OCH3 is 1. The van der Waals surface area contributed by atoms with Crippen molar-refractivity contribution in [2.45, 2.75) is 19.2 Å². The number of halogens is 1. The molecule has 0 aliphatic carbocycles. The predicted octanol–water partition coefficient (Wildman–Crippen LogP) is 2.80. The maximum Gasteiger partial charge on any atom is 0.338 e. The van der Waals surface area contributed by atoms with Gasteiger partial charge in [0.1, 0.15) is 0 Å². The minimum Gasteiger partial charge on any atom is -0.465 e. The lowest BCUT2D eigenvalue weighted by atomic mass is 10.0. The summed E-state index contributed by atoms with van der Waals surface area (Å²) in [6.07, 6.45) is 0.430. The van der Waals surface area contributed by atoms with Gasteiger partial charge in [0.15, 0.2) is 5.78 Å². The Morgan fingerprint density at radius 2 is 2.06 bits per heavy atom. The number of carbonyl (C=O) groups excluding carboxylic acids is 2. The van der Waals surface area contributed by atoms with Gasteiger partial charge in [0.2, 0.25) is 0 Å². The van der Waals surface area contributed by atoms with Crippen molar-refractivity contribution >= 4 is 23.4 Å². The predicted molar refractivity (Wildman–Crippen MR) is 62.0 cm³/mol. The highest BCUT2D eigenvalue weighted by Gasteiger charge is 2.13. The first-order valence-electron chi connectivity index (χ1n) is 4.94. The summed E-state index contributed by atoms with van der Waals surface area (Å²) in [6.45, 7) is 1.79. The van der Waals surface area contributed by atoms with Crippen LogP contribution >= 0.6 is 11.6 Å². The lowest BCUT2D eigenvalue weighted by Crippen LogP contribution is -2.07. The van der Waals surface area contributed by atoms with Crippen LogP contribution in [0.15, 0.2) is 18.2 Å². The Bertz CT molecular complexity index is 413. The Kier molecular flexibility index (Phi) is 4.50. The van der Waals surface area contributed by atoms with Crippen LogP contribution in [0.2, 0.25) is 0 Å². The zero-order chi connectivity index (χ0) is 12.1. The van der Waals surface area contributed by atoms with Crippen LogP contribution in [0.4, 0.5) is 0 Å². The smallest absolute Gasteiger partial charge is 0.338 e. The van der Waals surface area contributed by atoms with Crippen molar-refractivity contribution in [3.8, 4) is 0 Å². The van der Waals surface area contributed by atoms with Gasteiger partial charge in [-0.1, -0.05) is 13.0 Å². The van der Waals surface area contributed by atoms with E-state index in [-0.39, 0.29) is 11.7 Å². The van der Waals surface area contributed by atoms with Crippen molar-refractivity contribution in [3.05, 3.63) is 34.9 Å². The number of hydrogen-bond acceptors (Lipinski definition) is 3. The SMILES string of the molecule is CCC(=O)c1ccc(C(=O)OC)c(CCl)c1. The average Bonchev–Trinajstić information content (AvgIpc) is 2.35. The van der Waals surface area contributed by atoms with Crippen molar-refractivity contribution in [1.29, 1.82) is 0 Å². The van der Waals surface area contributed by atoms with Gasteiger partial charge in [0.05, 0.1) is 12.7 Å². The van der Waals surface area contributed by atoms with Gasteiger partial charge in [-0.2, -0.15) is 0 Å². The molecule has 0 saturated carbocycles. The molecule has 86 valence electrons. The summed E-state index contributed by atoms with van der Waals surface area (Å²) in [5.74, 6) is -0.233. The van der Waals surface area contributed by atoms with Gasteiger partial charge >= 0.3 is 5.97 Å². The van der Waals surface area contributed by atoms with E-state index in [2.05, 4.69) is 4.74 Å². The van der Waals surface area contributed by atoms with Crippen LogP contribution in [0, 0.1) is 0 Å². The van der Waals surface area contributed by atoms with E-state index in [0.717, 1.165) is 0 Å². The lowest BCUT2D eigenvalue weighted by Gasteiger charge is -2.07. The number of alkyl halides is 1. The first kappa shape index (κ1) is 12.7. The van der Waals surface area contributed by atoms with Crippen molar-refractivity contribution in [1.82, 2.24) is 0 Å². The van der Waals surface area contributed by atoms with Crippen LogP contribution in [0.1, 0.15) is 39.6 Å². The Labute approximate surface area is 99.4 Å². The van der Waals surface area contributed by atoms with Gasteiger partial charge in [-0.25, -0.2) is 4.79 Å². The van der Waals surface area contributed by atoms with E-state index in [1.807, 2.05) is 0 Å². The van der Waals surface area contributed by atoms with E-state index in [1.165, 1.54) is 7.11 Å². The number of rotatable bonds is 4. The molecular weight excluding hydrogens is 228 g/mol. The molecule has 1 rings (SSSR count). The van der Waals surface area contributed by atoms with E-state index in [1.54, 1.807) is 25.1 Å². The zero-order valence-electron chi connectivity index (χ0n) is 9.25. The van der Waals surface area contributed by atoms with Crippen LogP contribution in [0.3, 0.4) is 0 Å². The Hall–Kier alpha value is -1.35. The quantitative estimate of drug-likeness (QED) is 0.462. The average molecular weight is 241 g/mol. The largest absolute Gasteiger partial charge is 0.465 e. The van der Waals surface area contributed by atoms with Crippen molar-refractivity contribution in [3.63, 3.8) is 0 Å². The minimum absolute atomic E-state index is 0.0304. The topological polar surface area (TPSA) is 43.4 Å². The van der Waals surface area contributed by atoms with Crippen LogP contribution in [-0.4, -0.2) is 18.9 Å². The molecular formula is C12H13ClO3. The van der Waals surface area contributed by atoms with Gasteiger partial charge in [-0.3, -0.25) is 4.79 Å². The fourth-order valence-electron chi connectivity index (χ4n) is 1.39. The molecule has 3 nitrogen and oxygen atoms in total. The van der Waals surface area contributed by atoms with Crippen LogP contribution in [-0.2, 0) is 10.6 Å². The third-order valence-corrected chi connectivity index (χ3v) is 2.59. The molecule has 4 heteroatoms. The first-order chi connectivity index (χ1) is 7.63. The van der Waals surface area contributed by atoms with Gasteiger partial charge < -0.3 is 4.74 Å². The minimum atomic E-state index is -0.439. The summed E-state index contributed by atoms with van der Waals surface area (Å²) < 4.78 is 4.62. The molecule has 16 heavy (non-hydrogen) atoms. The van der Waals surface area contributed by atoms with Gasteiger partial charge in [-0.05, 0) is 17.7 Å². The Morgan fingerprint density at radius 1 is 1.38 bits per heavy atom. The number of carbonyl (C=O) groups is 2. The molecule has 0 saturated heterocycles. The second-order valence-electron chi connectivity index (χ2n) is 3.27. The summed E-state index contributed by atoms with van der Waals surface area (Å²) in [4.78, 5) is 22.9. The van der Waals surface area contributed by atoms with Crippen LogP contribution in [0.5, 0.6) is 0 Å². The lowest BCUT2D eigenvalue weighted by molar-refractivity contribution is 0.0599. The normalized spacial score (nSPS) is 9.94. The van der Waals surface area contributed by atoms with Gasteiger partial charge in [0, 0.05) is 17.9 Å². The summed E-state index contributed by atoms with van der Waals surface area (Å²) in [6, 6.07) is 4.84. The highest BCUT2D eigenvalue weighted by molar-refractivity contribution is 6.17. The molecule has 0 bridgehead atoms. The first-order valence-corrected chi connectivity index (χ1v) is 5.47. The third-order valence-electron chi connectivity index (χ3n) is 2.30. The monoisotopic (exact) mass is 240 g/mol. The molecule has 1 aromatic carbocycles. The Morgan fingerprint density at radius 3 is 2.56 bits per heavy atom. The molecule has 0 fully saturated rings. The maximum absolute atomic E-state index is 11.5. The molecule has 0 amide bonds. The molecule has 0 spiro atoms. The molecule has 0 unspecified atom stereocenters. The van der Waals surface area contributed by atoms with Crippen LogP contribution < -0.4 is 0 Å². The van der Waals surface area contributed by atoms with E-state index in [4.69, 9.17) is 11.6 Å². The fraction of sp³-hybridized carbons (Fsp3) is 0.333. The molecule has 1 aromatic rings. The molecule has 0 N–H and O–H groups in total. The standard InChI is InChI=1S/C12H13ClO3/c1-3-11(14)8-4-5-10(12(15)16-2)9(6-8)7-13/h4-6H,3,7H2,1-2H3. The van der Waals surface area contributed by atoms with Crippen LogP contribution in [0.25, 0.3) is 0 Å². The van der Waals surface area contributed by atoms with E-state index in [9.17, 15) is 9.59 Å². The summed E-state index contributed by atoms with van der Waals surface area (Å²) in [7, 11) is 1.31. The van der Waals surface area contributed by atoms with Crippen molar-refractivity contribution in [2.75, 3.05) is 7.11 Å². The summed E-state index contributed by atoms with van der Waals surface area (Å²) in [5.41, 5.74) is 1.60. The number of Topliss-reactive ketones (excluding diaryl/α,β-unsaturated/α-hetero) is 1. The van der Waals surface area contributed by atoms with E-state index in [0.29, 0.717) is 23.1 Å². The second kappa shape index (κ2) is 5.66. The molecule has 0 aromatic heterocycles. The van der Waals surface area contributed by atoms with Crippen molar-refractivity contribution in [2.24, 2.45) is 0 Å². The second-order valence-corrected chi connectivity index (χ2v) is 3.54. The van der Waals surface area contributed by atoms with Gasteiger partial charge in [-0.15, -0.1) is 11.6 Å².